The number of aliphatic carboxylic acids is 1. The Morgan fingerprint density at radius 2 is 1.11 bits per heavy atom. The quantitative estimate of drug-likeness (QED) is 0.0938. The van der Waals surface area contributed by atoms with Crippen LogP contribution in [0.15, 0.2) is 140 Å². The van der Waals surface area contributed by atoms with E-state index in [0.29, 0.717) is 19.4 Å². The molecule has 1 atom stereocenters. The van der Waals surface area contributed by atoms with Gasteiger partial charge in [-0.25, -0.2) is 9.59 Å². The molecule has 0 saturated heterocycles. The van der Waals surface area contributed by atoms with Gasteiger partial charge < -0.3 is 15.2 Å². The SMILES string of the molecule is O=C(NC(CCCCNC(c1ccccc1)(c1ccccc1)c1ccccc1)C(=O)O)OCC1c2ccccc2-c2ccccc21. The Hall–Kier alpha value is -5.20. The van der Waals surface area contributed by atoms with E-state index < -0.39 is 23.6 Å². The molecular formula is C40H38N2O4. The van der Waals surface area contributed by atoms with Gasteiger partial charge in [-0.3, -0.25) is 5.32 Å². The molecular weight excluding hydrogens is 572 g/mol. The van der Waals surface area contributed by atoms with Gasteiger partial charge >= 0.3 is 12.1 Å². The van der Waals surface area contributed by atoms with Crippen LogP contribution in [0.1, 0.15) is 53.0 Å². The molecule has 6 nitrogen and oxygen atoms in total. The number of alkyl carbamates (subject to hydrolysis) is 1. The van der Waals surface area contributed by atoms with Crippen molar-refractivity contribution in [1.29, 1.82) is 0 Å². The van der Waals surface area contributed by atoms with Crippen molar-refractivity contribution in [2.24, 2.45) is 0 Å². The highest BCUT2D eigenvalue weighted by atomic mass is 16.5. The van der Waals surface area contributed by atoms with Gasteiger partial charge in [-0.2, -0.15) is 0 Å². The molecule has 1 amide bonds. The number of carboxylic acid groups (broad SMARTS) is 1. The Balaban J connectivity index is 1.08. The maximum Gasteiger partial charge on any atom is 0.407 e. The van der Waals surface area contributed by atoms with Crippen LogP contribution in [-0.4, -0.2) is 36.4 Å². The first-order valence-corrected chi connectivity index (χ1v) is 15.8. The van der Waals surface area contributed by atoms with Crippen LogP contribution in [0.5, 0.6) is 0 Å². The summed E-state index contributed by atoms with van der Waals surface area (Å²) in [5.41, 5.74) is 7.26. The first kappa shape index (κ1) is 30.8. The fraction of sp³-hybridized carbons (Fsp3) is 0.200. The Morgan fingerprint density at radius 1 is 0.652 bits per heavy atom. The Bertz CT molecular complexity index is 1620. The summed E-state index contributed by atoms with van der Waals surface area (Å²) in [5, 5.41) is 16.3. The van der Waals surface area contributed by atoms with Crippen LogP contribution in [0.4, 0.5) is 4.79 Å². The number of ether oxygens (including phenoxy) is 1. The molecule has 1 aliphatic carbocycles. The van der Waals surface area contributed by atoms with E-state index >= 15 is 0 Å². The van der Waals surface area contributed by atoms with Gasteiger partial charge in [0.15, 0.2) is 0 Å². The van der Waals surface area contributed by atoms with Crippen molar-refractivity contribution in [3.8, 4) is 11.1 Å². The van der Waals surface area contributed by atoms with Crippen LogP contribution in [-0.2, 0) is 15.1 Å². The molecule has 0 saturated carbocycles. The minimum Gasteiger partial charge on any atom is -0.480 e. The topological polar surface area (TPSA) is 87.7 Å². The molecule has 6 rings (SSSR count). The second-order valence-electron chi connectivity index (χ2n) is 11.6. The standard InChI is InChI=1S/C40H38N2O4/c43-38(44)37(42-39(45)46-28-36-34-24-12-10-22-32(34)33-23-11-13-25-35(33)36)26-14-15-27-41-40(29-16-4-1-5-17-29,30-18-6-2-7-19-30)31-20-8-3-9-21-31/h1-13,16-25,36-37,41H,14-15,26-28H2,(H,42,45)(H,43,44). The van der Waals surface area contributed by atoms with E-state index in [1.165, 1.54) is 0 Å². The third-order valence-corrected chi connectivity index (χ3v) is 8.86. The zero-order valence-corrected chi connectivity index (χ0v) is 25.6. The molecule has 5 aromatic carbocycles. The molecule has 0 bridgehead atoms. The summed E-state index contributed by atoms with van der Waals surface area (Å²) in [7, 11) is 0. The van der Waals surface area contributed by atoms with Crippen LogP contribution < -0.4 is 10.6 Å². The zero-order chi connectivity index (χ0) is 31.8. The van der Waals surface area contributed by atoms with E-state index in [1.807, 2.05) is 78.9 Å². The van der Waals surface area contributed by atoms with Crippen molar-refractivity contribution in [2.45, 2.75) is 36.8 Å². The molecule has 1 aliphatic rings. The second kappa shape index (κ2) is 14.3. The first-order valence-electron chi connectivity index (χ1n) is 15.8. The number of nitrogens with one attached hydrogen (secondary N) is 2. The fourth-order valence-electron chi connectivity index (χ4n) is 6.66. The number of rotatable bonds is 13. The van der Waals surface area contributed by atoms with E-state index in [4.69, 9.17) is 4.74 Å². The Morgan fingerprint density at radius 3 is 1.59 bits per heavy atom. The molecule has 1 unspecified atom stereocenters. The highest BCUT2D eigenvalue weighted by Gasteiger charge is 2.35. The van der Waals surface area contributed by atoms with E-state index in [1.54, 1.807) is 0 Å². The largest absolute Gasteiger partial charge is 0.480 e. The van der Waals surface area contributed by atoms with Crippen molar-refractivity contribution in [2.75, 3.05) is 13.2 Å². The molecule has 46 heavy (non-hydrogen) atoms. The molecule has 0 aromatic heterocycles. The number of carboxylic acids is 1. The number of benzene rings is 5. The van der Waals surface area contributed by atoms with Crippen LogP contribution in [0.2, 0.25) is 0 Å². The first-order chi connectivity index (χ1) is 22.6. The Labute approximate surface area is 270 Å². The number of hydrogen-bond donors (Lipinski definition) is 3. The number of fused-ring (bicyclic) bond motifs is 3. The molecule has 3 N–H and O–H groups in total. The van der Waals surface area contributed by atoms with Crippen molar-refractivity contribution < 1.29 is 19.4 Å². The predicted octanol–water partition coefficient (Wildman–Crippen LogP) is 7.73. The van der Waals surface area contributed by atoms with Crippen molar-refractivity contribution in [3.05, 3.63) is 167 Å². The zero-order valence-electron chi connectivity index (χ0n) is 25.6. The normalized spacial score (nSPS) is 13.0. The number of hydrogen-bond acceptors (Lipinski definition) is 4. The molecule has 232 valence electrons. The van der Waals surface area contributed by atoms with Crippen LogP contribution in [0, 0.1) is 0 Å². The summed E-state index contributed by atoms with van der Waals surface area (Å²) < 4.78 is 5.61. The van der Waals surface area contributed by atoms with Gasteiger partial charge in [0.1, 0.15) is 12.6 Å². The summed E-state index contributed by atoms with van der Waals surface area (Å²) in [6.45, 7) is 0.770. The molecule has 5 aromatic rings. The van der Waals surface area contributed by atoms with Gasteiger partial charge in [-0.1, -0.05) is 140 Å². The summed E-state index contributed by atoms with van der Waals surface area (Å²) in [4.78, 5) is 24.9. The van der Waals surface area contributed by atoms with Gasteiger partial charge in [0.05, 0.1) is 5.54 Å². The molecule has 6 heteroatoms. The van der Waals surface area contributed by atoms with E-state index in [2.05, 4.69) is 71.3 Å². The average Bonchev–Trinajstić information content (AvgIpc) is 3.43. The lowest BCUT2D eigenvalue weighted by atomic mass is 9.77. The third-order valence-electron chi connectivity index (χ3n) is 8.86. The smallest absolute Gasteiger partial charge is 0.407 e. The molecule has 0 spiro atoms. The lowest BCUT2D eigenvalue weighted by Gasteiger charge is -2.37. The summed E-state index contributed by atoms with van der Waals surface area (Å²) in [5.74, 6) is -1.17. The van der Waals surface area contributed by atoms with Gasteiger partial charge in [-0.05, 0) is 64.8 Å². The van der Waals surface area contributed by atoms with Gasteiger partial charge in [0.25, 0.3) is 0 Å². The van der Waals surface area contributed by atoms with Crippen LogP contribution in [0.3, 0.4) is 0 Å². The van der Waals surface area contributed by atoms with Gasteiger partial charge in [0, 0.05) is 5.92 Å². The van der Waals surface area contributed by atoms with Gasteiger partial charge in [0.2, 0.25) is 0 Å². The minimum absolute atomic E-state index is 0.0911. The molecule has 0 aliphatic heterocycles. The van der Waals surface area contributed by atoms with Gasteiger partial charge in [-0.15, -0.1) is 0 Å². The van der Waals surface area contributed by atoms with Crippen LogP contribution >= 0.6 is 0 Å². The average molecular weight is 611 g/mol. The number of carbonyl (C=O) groups excluding carboxylic acids is 1. The third kappa shape index (κ3) is 6.44. The van der Waals surface area contributed by atoms with Crippen molar-refractivity contribution in [3.63, 3.8) is 0 Å². The Kier molecular flexibility index (Phi) is 9.56. The molecule has 0 radical (unpaired) electrons. The number of carbonyl (C=O) groups is 2. The monoisotopic (exact) mass is 610 g/mol. The minimum atomic E-state index is -1.08. The van der Waals surface area contributed by atoms with Crippen molar-refractivity contribution in [1.82, 2.24) is 10.6 Å². The predicted molar refractivity (Wildman–Crippen MR) is 181 cm³/mol. The lowest BCUT2D eigenvalue weighted by molar-refractivity contribution is -0.139. The van der Waals surface area contributed by atoms with E-state index in [9.17, 15) is 14.7 Å². The fourth-order valence-corrected chi connectivity index (χ4v) is 6.66. The van der Waals surface area contributed by atoms with E-state index in [0.717, 1.165) is 38.9 Å². The highest BCUT2D eigenvalue weighted by molar-refractivity contribution is 5.81. The second-order valence-corrected chi connectivity index (χ2v) is 11.6. The summed E-state index contributed by atoms with van der Waals surface area (Å²) >= 11 is 0. The number of amides is 1. The summed E-state index contributed by atoms with van der Waals surface area (Å²) in [6, 6.07) is 46.3. The maximum absolute atomic E-state index is 12.8. The van der Waals surface area contributed by atoms with Crippen LogP contribution in [0.25, 0.3) is 11.1 Å². The highest BCUT2D eigenvalue weighted by Crippen LogP contribution is 2.44. The van der Waals surface area contributed by atoms with E-state index in [-0.39, 0.29) is 18.9 Å². The molecule has 0 fully saturated rings. The number of unbranched alkanes of at least 4 members (excludes halogenated alkanes) is 1. The maximum atomic E-state index is 12.8. The summed E-state index contributed by atoms with van der Waals surface area (Å²) in [6.07, 6.45) is 0.881. The molecule has 0 heterocycles. The lowest BCUT2D eigenvalue weighted by Crippen LogP contribution is -2.45. The van der Waals surface area contributed by atoms with Crippen molar-refractivity contribution >= 4 is 12.1 Å².